The zero-order chi connectivity index (χ0) is 17.3. The zero-order valence-electron chi connectivity index (χ0n) is 12.2. The molecule has 124 valence electrons. The first-order valence-electron chi connectivity index (χ1n) is 6.54. The second kappa shape index (κ2) is 6.10. The first kappa shape index (κ1) is 16.2. The third kappa shape index (κ3) is 2.91. The highest BCUT2D eigenvalue weighted by atomic mass is 35.5. The second-order valence-corrected chi connectivity index (χ2v) is 6.73. The third-order valence-electron chi connectivity index (χ3n) is 3.17. The van der Waals surface area contributed by atoms with Crippen LogP contribution in [-0.2, 0) is 14.8 Å². The fraction of sp³-hybridized carbons (Fsp3) is 0.0714. The molecule has 1 aromatic heterocycles. The van der Waals surface area contributed by atoms with E-state index < -0.39 is 16.0 Å². The summed E-state index contributed by atoms with van der Waals surface area (Å²) >= 11 is 5.91. The molecule has 8 nitrogen and oxygen atoms in total. The molecule has 1 heterocycles. The molecule has 0 aliphatic heterocycles. The number of ether oxygens (including phenoxy) is 1. The van der Waals surface area contributed by atoms with Gasteiger partial charge in [0, 0.05) is 11.0 Å². The van der Waals surface area contributed by atoms with Crippen molar-refractivity contribution in [1.82, 2.24) is 10.4 Å². The lowest BCUT2D eigenvalue weighted by Crippen LogP contribution is -2.13. The van der Waals surface area contributed by atoms with Gasteiger partial charge in [0.1, 0.15) is 4.90 Å². The molecule has 0 aliphatic rings. The van der Waals surface area contributed by atoms with Crippen molar-refractivity contribution in [3.05, 3.63) is 47.0 Å². The number of nitrogens with one attached hydrogen (secondary N) is 1. The van der Waals surface area contributed by atoms with Crippen LogP contribution in [0.15, 0.2) is 45.8 Å². The van der Waals surface area contributed by atoms with Crippen LogP contribution in [0.3, 0.4) is 0 Å². The van der Waals surface area contributed by atoms with Crippen LogP contribution in [0.2, 0.25) is 5.02 Å². The molecular weight excluding hydrogens is 358 g/mol. The van der Waals surface area contributed by atoms with E-state index in [0.29, 0.717) is 5.56 Å². The van der Waals surface area contributed by atoms with Gasteiger partial charge in [-0.05, 0) is 36.4 Å². The van der Waals surface area contributed by atoms with E-state index in [9.17, 15) is 13.2 Å². The minimum atomic E-state index is -3.95. The number of aromatic nitrogens is 2. The van der Waals surface area contributed by atoms with E-state index in [1.807, 2.05) is 0 Å². The summed E-state index contributed by atoms with van der Waals surface area (Å²) < 4.78 is 36.9. The molecule has 0 fully saturated rings. The number of halogens is 1. The standard InChI is InChI=1S/C14H10ClN3O5S/c1-22-14(19)8-2-4-9(5-3-8)17-24(20,21)11-7-6-10(15)13-12(11)16-18-23-13/h2-7,17H,1H3. The van der Waals surface area contributed by atoms with Gasteiger partial charge in [-0.25, -0.2) is 13.2 Å². The maximum Gasteiger partial charge on any atom is 0.337 e. The summed E-state index contributed by atoms with van der Waals surface area (Å²) in [5, 5.41) is 7.19. The SMILES string of the molecule is COC(=O)c1ccc(NS(=O)(=O)c2ccc(Cl)c3onnc23)cc1. The number of hydrogen-bond acceptors (Lipinski definition) is 7. The molecule has 0 saturated heterocycles. The van der Waals surface area contributed by atoms with Gasteiger partial charge in [-0.3, -0.25) is 4.72 Å². The van der Waals surface area contributed by atoms with Crippen LogP contribution in [0, 0.1) is 0 Å². The predicted octanol–water partition coefficient (Wildman–Crippen LogP) is 2.46. The Bertz CT molecular complexity index is 1010. The quantitative estimate of drug-likeness (QED) is 0.705. The van der Waals surface area contributed by atoms with Crippen LogP contribution in [0.5, 0.6) is 0 Å². The minimum Gasteiger partial charge on any atom is -0.465 e. The molecule has 10 heteroatoms. The summed E-state index contributed by atoms with van der Waals surface area (Å²) in [6, 6.07) is 8.46. The van der Waals surface area contributed by atoms with Gasteiger partial charge >= 0.3 is 5.97 Å². The first-order chi connectivity index (χ1) is 11.4. The summed E-state index contributed by atoms with van der Waals surface area (Å²) in [5.41, 5.74) is 0.680. The molecule has 0 atom stereocenters. The molecule has 24 heavy (non-hydrogen) atoms. The molecule has 3 rings (SSSR count). The van der Waals surface area contributed by atoms with E-state index >= 15 is 0 Å². The van der Waals surface area contributed by atoms with Gasteiger partial charge in [-0.1, -0.05) is 11.6 Å². The Kier molecular flexibility index (Phi) is 4.12. The Morgan fingerprint density at radius 1 is 1.21 bits per heavy atom. The van der Waals surface area contributed by atoms with Gasteiger partial charge in [0.05, 0.1) is 17.7 Å². The Morgan fingerprint density at radius 3 is 2.58 bits per heavy atom. The Hall–Kier alpha value is -2.65. The smallest absolute Gasteiger partial charge is 0.337 e. The monoisotopic (exact) mass is 367 g/mol. The number of methoxy groups -OCH3 is 1. The van der Waals surface area contributed by atoms with Crippen LogP contribution in [-0.4, -0.2) is 31.9 Å². The number of sulfonamides is 1. The van der Waals surface area contributed by atoms with E-state index in [1.54, 1.807) is 0 Å². The molecule has 2 aromatic carbocycles. The highest BCUT2D eigenvalue weighted by Gasteiger charge is 2.22. The summed E-state index contributed by atoms with van der Waals surface area (Å²) in [6.07, 6.45) is 0. The molecule has 0 radical (unpaired) electrons. The van der Waals surface area contributed by atoms with Crippen LogP contribution < -0.4 is 4.72 Å². The van der Waals surface area contributed by atoms with Crippen molar-refractivity contribution in [3.8, 4) is 0 Å². The van der Waals surface area contributed by atoms with Gasteiger partial charge in [-0.2, -0.15) is 0 Å². The molecule has 3 aromatic rings. The summed E-state index contributed by atoms with van der Waals surface area (Å²) in [6.45, 7) is 0. The van der Waals surface area contributed by atoms with E-state index in [1.165, 1.54) is 43.5 Å². The number of anilines is 1. The van der Waals surface area contributed by atoms with Crippen molar-refractivity contribution in [2.75, 3.05) is 11.8 Å². The number of benzene rings is 2. The Labute approximate surface area is 141 Å². The van der Waals surface area contributed by atoms with E-state index in [0.717, 1.165) is 0 Å². The lowest BCUT2D eigenvalue weighted by atomic mass is 10.2. The fourth-order valence-corrected chi connectivity index (χ4v) is 3.41. The Balaban J connectivity index is 1.95. The molecule has 0 aliphatic carbocycles. The van der Waals surface area contributed by atoms with Crippen molar-refractivity contribution in [3.63, 3.8) is 0 Å². The fourth-order valence-electron chi connectivity index (χ4n) is 2.03. The molecule has 0 saturated carbocycles. The van der Waals surface area contributed by atoms with Crippen LogP contribution in [0.25, 0.3) is 11.1 Å². The van der Waals surface area contributed by atoms with Crippen molar-refractivity contribution in [2.24, 2.45) is 0 Å². The van der Waals surface area contributed by atoms with Gasteiger partial charge in [-0.15, -0.1) is 5.10 Å². The van der Waals surface area contributed by atoms with Crippen LogP contribution >= 0.6 is 11.6 Å². The van der Waals surface area contributed by atoms with Crippen LogP contribution in [0.4, 0.5) is 5.69 Å². The van der Waals surface area contributed by atoms with Gasteiger partial charge in [0.15, 0.2) is 5.52 Å². The van der Waals surface area contributed by atoms with Crippen molar-refractivity contribution >= 4 is 44.4 Å². The largest absolute Gasteiger partial charge is 0.465 e. The van der Waals surface area contributed by atoms with Gasteiger partial charge in [0.25, 0.3) is 10.0 Å². The average molecular weight is 368 g/mol. The third-order valence-corrected chi connectivity index (χ3v) is 4.88. The second-order valence-electron chi connectivity index (χ2n) is 4.67. The van der Waals surface area contributed by atoms with Gasteiger partial charge < -0.3 is 9.26 Å². The maximum absolute atomic E-state index is 12.5. The topological polar surface area (TPSA) is 111 Å². The Morgan fingerprint density at radius 2 is 1.92 bits per heavy atom. The van der Waals surface area contributed by atoms with E-state index in [2.05, 4.69) is 19.8 Å². The van der Waals surface area contributed by atoms with E-state index in [4.69, 9.17) is 16.1 Å². The predicted molar refractivity (Wildman–Crippen MR) is 85.4 cm³/mol. The number of rotatable bonds is 4. The normalized spacial score (nSPS) is 11.4. The zero-order valence-corrected chi connectivity index (χ0v) is 13.8. The number of nitrogens with zero attached hydrogens (tertiary/aromatic N) is 2. The minimum absolute atomic E-state index is 0.0289. The van der Waals surface area contributed by atoms with Crippen molar-refractivity contribution in [2.45, 2.75) is 4.90 Å². The summed E-state index contributed by atoms with van der Waals surface area (Å²) in [7, 11) is -2.69. The molecule has 0 spiro atoms. The average Bonchev–Trinajstić information content (AvgIpc) is 3.05. The molecule has 0 amide bonds. The molecule has 0 unspecified atom stereocenters. The van der Waals surface area contributed by atoms with Crippen molar-refractivity contribution < 1.29 is 22.5 Å². The highest BCUT2D eigenvalue weighted by Crippen LogP contribution is 2.28. The maximum atomic E-state index is 12.5. The summed E-state index contributed by atoms with van der Waals surface area (Å²) in [4.78, 5) is 11.3. The lowest BCUT2D eigenvalue weighted by molar-refractivity contribution is 0.0601. The molecule has 0 bridgehead atoms. The molecule has 1 N–H and O–H groups in total. The van der Waals surface area contributed by atoms with E-state index in [-0.39, 0.29) is 26.7 Å². The van der Waals surface area contributed by atoms with Crippen molar-refractivity contribution in [1.29, 1.82) is 0 Å². The number of carbonyl (C=O) groups excluding carboxylic acids is 1. The molecular formula is C14H10ClN3O5S. The number of esters is 1. The first-order valence-corrected chi connectivity index (χ1v) is 8.40. The summed E-state index contributed by atoms with van der Waals surface area (Å²) in [5.74, 6) is -0.516. The number of fused-ring (bicyclic) bond motifs is 1. The van der Waals surface area contributed by atoms with Crippen LogP contribution in [0.1, 0.15) is 10.4 Å². The number of carbonyl (C=O) groups is 1. The van der Waals surface area contributed by atoms with Gasteiger partial charge in [0.2, 0.25) is 5.58 Å². The number of hydrogen-bond donors (Lipinski definition) is 1. The lowest BCUT2D eigenvalue weighted by Gasteiger charge is -2.09. The highest BCUT2D eigenvalue weighted by molar-refractivity contribution is 7.93.